The highest BCUT2D eigenvalue weighted by molar-refractivity contribution is 14.1. The molecule has 0 aliphatic carbocycles. The summed E-state index contributed by atoms with van der Waals surface area (Å²) < 4.78 is 0.887. The van der Waals surface area contributed by atoms with Gasteiger partial charge in [0.2, 0.25) is 0 Å². The Morgan fingerprint density at radius 2 is 1.52 bits per heavy atom. The third-order valence-electron chi connectivity index (χ3n) is 5.13. The van der Waals surface area contributed by atoms with E-state index in [2.05, 4.69) is 27.9 Å². The van der Waals surface area contributed by atoms with Gasteiger partial charge in [-0.15, -0.1) is 0 Å². The van der Waals surface area contributed by atoms with Crippen molar-refractivity contribution in [1.29, 1.82) is 0 Å². The quantitative estimate of drug-likeness (QED) is 0.311. The van der Waals surface area contributed by atoms with Gasteiger partial charge in [0.1, 0.15) is 0 Å². The second-order valence-electron chi connectivity index (χ2n) is 7.06. The molecule has 0 aliphatic rings. The van der Waals surface area contributed by atoms with Gasteiger partial charge in [-0.05, 0) is 77.4 Å². The van der Waals surface area contributed by atoms with E-state index in [1.54, 1.807) is 35.2 Å². The maximum Gasteiger partial charge on any atom is 0.258 e. The molecule has 2 amide bonds. The third-order valence-corrected chi connectivity index (χ3v) is 6.07. The molecule has 0 fully saturated rings. The standard InChI is InChI=1S/C26H21IN2O2/c1-2-29(24-13-7-9-18-8-3-4-10-21(18)24)26(31)19-14-16-20(17-15-19)28-25(30)22-11-5-6-12-23(22)27/h3-17H,2H2,1H3,(H,28,30). The highest BCUT2D eigenvalue weighted by Crippen LogP contribution is 2.28. The Hall–Kier alpha value is -3.19. The van der Waals surface area contributed by atoms with E-state index in [0.717, 1.165) is 20.0 Å². The summed E-state index contributed by atoms with van der Waals surface area (Å²) in [6.07, 6.45) is 0. The number of nitrogens with one attached hydrogen (secondary N) is 1. The van der Waals surface area contributed by atoms with Crippen LogP contribution in [0.4, 0.5) is 11.4 Å². The SMILES string of the molecule is CCN(C(=O)c1ccc(NC(=O)c2ccccc2I)cc1)c1cccc2ccccc12. The summed E-state index contributed by atoms with van der Waals surface area (Å²) in [4.78, 5) is 27.6. The predicted octanol–water partition coefficient (Wildman–Crippen LogP) is 6.36. The first kappa shape index (κ1) is 21.1. The minimum atomic E-state index is -0.171. The predicted molar refractivity (Wildman–Crippen MR) is 135 cm³/mol. The number of hydrogen-bond acceptors (Lipinski definition) is 2. The maximum atomic E-state index is 13.3. The van der Waals surface area contributed by atoms with E-state index < -0.39 is 0 Å². The van der Waals surface area contributed by atoms with E-state index in [0.29, 0.717) is 23.4 Å². The Balaban J connectivity index is 1.56. The molecule has 154 valence electrons. The number of anilines is 2. The van der Waals surface area contributed by atoms with Gasteiger partial charge in [-0.2, -0.15) is 0 Å². The Bertz CT molecular complexity index is 1250. The zero-order valence-electron chi connectivity index (χ0n) is 17.0. The van der Waals surface area contributed by atoms with E-state index in [-0.39, 0.29) is 11.8 Å². The topological polar surface area (TPSA) is 49.4 Å². The van der Waals surface area contributed by atoms with E-state index in [9.17, 15) is 9.59 Å². The monoisotopic (exact) mass is 520 g/mol. The van der Waals surface area contributed by atoms with Crippen molar-refractivity contribution in [1.82, 2.24) is 0 Å². The Morgan fingerprint density at radius 1 is 0.839 bits per heavy atom. The highest BCUT2D eigenvalue weighted by atomic mass is 127. The number of hydrogen-bond donors (Lipinski definition) is 1. The largest absolute Gasteiger partial charge is 0.322 e. The fraction of sp³-hybridized carbons (Fsp3) is 0.0769. The Morgan fingerprint density at radius 3 is 2.26 bits per heavy atom. The van der Waals surface area contributed by atoms with Crippen LogP contribution in [0.5, 0.6) is 0 Å². The van der Waals surface area contributed by atoms with Crippen LogP contribution < -0.4 is 10.2 Å². The van der Waals surface area contributed by atoms with Crippen molar-refractivity contribution in [2.24, 2.45) is 0 Å². The Kier molecular flexibility index (Phi) is 6.32. The minimum absolute atomic E-state index is 0.0747. The molecule has 0 saturated carbocycles. The molecule has 31 heavy (non-hydrogen) atoms. The molecule has 1 N–H and O–H groups in total. The zero-order valence-corrected chi connectivity index (χ0v) is 19.2. The molecule has 0 bridgehead atoms. The van der Waals surface area contributed by atoms with Gasteiger partial charge >= 0.3 is 0 Å². The van der Waals surface area contributed by atoms with Gasteiger partial charge < -0.3 is 10.2 Å². The van der Waals surface area contributed by atoms with Gasteiger partial charge in [-0.3, -0.25) is 9.59 Å². The summed E-state index contributed by atoms with van der Waals surface area (Å²) in [5.74, 6) is -0.246. The van der Waals surface area contributed by atoms with Crippen LogP contribution in [0.15, 0.2) is 91.0 Å². The first-order valence-electron chi connectivity index (χ1n) is 10.0. The van der Waals surface area contributed by atoms with E-state index in [4.69, 9.17) is 0 Å². The zero-order chi connectivity index (χ0) is 21.8. The van der Waals surface area contributed by atoms with Gasteiger partial charge in [-0.25, -0.2) is 0 Å². The molecule has 4 aromatic carbocycles. The smallest absolute Gasteiger partial charge is 0.258 e. The van der Waals surface area contributed by atoms with Gasteiger partial charge in [0.05, 0.1) is 11.3 Å². The van der Waals surface area contributed by atoms with Crippen LogP contribution in [-0.4, -0.2) is 18.4 Å². The molecule has 0 unspecified atom stereocenters. The molecule has 0 aromatic heterocycles. The highest BCUT2D eigenvalue weighted by Gasteiger charge is 2.18. The lowest BCUT2D eigenvalue weighted by atomic mass is 10.1. The lowest BCUT2D eigenvalue weighted by Gasteiger charge is -2.23. The van der Waals surface area contributed by atoms with Crippen LogP contribution in [0.3, 0.4) is 0 Å². The lowest BCUT2D eigenvalue weighted by molar-refractivity contribution is 0.0987. The number of carbonyl (C=O) groups is 2. The van der Waals surface area contributed by atoms with Crippen LogP contribution >= 0.6 is 22.6 Å². The molecular formula is C26H21IN2O2. The molecule has 5 heteroatoms. The average molecular weight is 520 g/mol. The third kappa shape index (κ3) is 4.46. The number of fused-ring (bicyclic) bond motifs is 1. The van der Waals surface area contributed by atoms with Crippen molar-refractivity contribution in [2.75, 3.05) is 16.8 Å². The van der Waals surface area contributed by atoms with Crippen LogP contribution in [0.2, 0.25) is 0 Å². The first-order valence-corrected chi connectivity index (χ1v) is 11.1. The fourth-order valence-corrected chi connectivity index (χ4v) is 4.20. The molecule has 4 nitrogen and oxygen atoms in total. The molecule has 0 heterocycles. The first-order chi connectivity index (χ1) is 15.1. The maximum absolute atomic E-state index is 13.3. The van der Waals surface area contributed by atoms with Gasteiger partial charge in [0.15, 0.2) is 0 Å². The number of benzene rings is 4. The van der Waals surface area contributed by atoms with E-state index in [1.807, 2.05) is 67.6 Å². The number of halogens is 1. The molecule has 0 atom stereocenters. The summed E-state index contributed by atoms with van der Waals surface area (Å²) in [5.41, 5.74) is 2.73. The Labute approximate surface area is 195 Å². The van der Waals surface area contributed by atoms with Crippen molar-refractivity contribution < 1.29 is 9.59 Å². The second kappa shape index (κ2) is 9.31. The minimum Gasteiger partial charge on any atom is -0.322 e. The number of nitrogens with zero attached hydrogens (tertiary/aromatic N) is 1. The number of rotatable bonds is 5. The molecule has 0 saturated heterocycles. The van der Waals surface area contributed by atoms with Crippen LogP contribution in [0.1, 0.15) is 27.6 Å². The van der Waals surface area contributed by atoms with Gasteiger partial charge in [0, 0.05) is 26.8 Å². The van der Waals surface area contributed by atoms with Crippen molar-refractivity contribution in [2.45, 2.75) is 6.92 Å². The van der Waals surface area contributed by atoms with Crippen molar-refractivity contribution >= 4 is 56.6 Å². The molecule has 4 aromatic rings. The molecule has 0 aliphatic heterocycles. The van der Waals surface area contributed by atoms with Crippen LogP contribution in [-0.2, 0) is 0 Å². The van der Waals surface area contributed by atoms with Crippen molar-refractivity contribution in [3.63, 3.8) is 0 Å². The van der Waals surface area contributed by atoms with Crippen molar-refractivity contribution in [3.05, 3.63) is 106 Å². The fourth-order valence-electron chi connectivity index (χ4n) is 3.56. The molecule has 0 radical (unpaired) electrons. The number of amides is 2. The summed E-state index contributed by atoms with van der Waals surface area (Å²) in [6.45, 7) is 2.52. The summed E-state index contributed by atoms with van der Waals surface area (Å²) in [7, 11) is 0. The summed E-state index contributed by atoms with van der Waals surface area (Å²) in [6, 6.07) is 28.5. The number of carbonyl (C=O) groups excluding carboxylic acids is 2. The van der Waals surface area contributed by atoms with E-state index >= 15 is 0 Å². The second-order valence-corrected chi connectivity index (χ2v) is 8.22. The molecule has 0 spiro atoms. The summed E-state index contributed by atoms with van der Waals surface area (Å²) >= 11 is 2.14. The molecular weight excluding hydrogens is 499 g/mol. The van der Waals surface area contributed by atoms with Crippen LogP contribution in [0.25, 0.3) is 10.8 Å². The van der Waals surface area contributed by atoms with Gasteiger partial charge in [-0.1, -0.05) is 48.5 Å². The average Bonchev–Trinajstić information content (AvgIpc) is 2.80. The lowest BCUT2D eigenvalue weighted by Crippen LogP contribution is -2.30. The summed E-state index contributed by atoms with van der Waals surface area (Å²) in [5, 5.41) is 5.04. The molecule has 4 rings (SSSR count). The van der Waals surface area contributed by atoms with Gasteiger partial charge in [0.25, 0.3) is 11.8 Å². The van der Waals surface area contributed by atoms with E-state index in [1.165, 1.54) is 0 Å². The van der Waals surface area contributed by atoms with Crippen molar-refractivity contribution in [3.8, 4) is 0 Å². The normalized spacial score (nSPS) is 10.6. The van der Waals surface area contributed by atoms with Crippen LogP contribution in [0, 0.1) is 3.57 Å².